The van der Waals surface area contributed by atoms with Crippen molar-refractivity contribution in [1.29, 1.82) is 0 Å². The highest BCUT2D eigenvalue weighted by Gasteiger charge is 2.61. The number of ether oxygens (including phenoxy) is 1. The Morgan fingerprint density at radius 3 is 2.20 bits per heavy atom. The Morgan fingerprint density at radius 2 is 1.92 bits per heavy atom. The SMILES string of the molecule is COc1c(C(N)=O)cc(C(C)(C)C)c(C2(S(=O)(=O)O)CC2)c1[N+](=O)[O-]. The highest BCUT2D eigenvalue weighted by atomic mass is 32.2. The Bertz CT molecular complexity index is 865. The highest BCUT2D eigenvalue weighted by Crippen LogP contribution is 2.59. The third kappa shape index (κ3) is 2.95. The lowest BCUT2D eigenvalue weighted by Gasteiger charge is -2.27. The van der Waals surface area contributed by atoms with Crippen LogP contribution in [0, 0.1) is 10.1 Å². The quantitative estimate of drug-likeness (QED) is 0.455. The second-order valence-electron chi connectivity index (χ2n) is 7.07. The molecule has 1 aliphatic rings. The van der Waals surface area contributed by atoms with Gasteiger partial charge in [0.15, 0.2) is 0 Å². The smallest absolute Gasteiger partial charge is 0.316 e. The van der Waals surface area contributed by atoms with Crippen molar-refractivity contribution in [2.75, 3.05) is 7.11 Å². The molecule has 1 aromatic rings. The molecule has 25 heavy (non-hydrogen) atoms. The summed E-state index contributed by atoms with van der Waals surface area (Å²) in [6.45, 7) is 5.15. The first kappa shape index (κ1) is 19.1. The fourth-order valence-electron chi connectivity index (χ4n) is 3.02. The van der Waals surface area contributed by atoms with Crippen LogP contribution >= 0.6 is 0 Å². The summed E-state index contributed by atoms with van der Waals surface area (Å²) in [5, 5.41) is 11.8. The van der Waals surface area contributed by atoms with Gasteiger partial charge in [-0.25, -0.2) is 0 Å². The number of amides is 1. The van der Waals surface area contributed by atoms with Gasteiger partial charge in [0.25, 0.3) is 16.0 Å². The van der Waals surface area contributed by atoms with Crippen LogP contribution in [-0.4, -0.2) is 30.9 Å². The number of hydrogen-bond donors (Lipinski definition) is 2. The van der Waals surface area contributed by atoms with Gasteiger partial charge in [0.1, 0.15) is 4.75 Å². The molecule has 0 atom stereocenters. The van der Waals surface area contributed by atoms with Gasteiger partial charge in [-0.2, -0.15) is 8.42 Å². The average molecular weight is 372 g/mol. The fourth-order valence-corrected chi connectivity index (χ4v) is 4.10. The molecule has 3 N–H and O–H groups in total. The van der Waals surface area contributed by atoms with Crippen molar-refractivity contribution < 1.29 is 27.4 Å². The van der Waals surface area contributed by atoms with Crippen LogP contribution in [0.5, 0.6) is 5.75 Å². The monoisotopic (exact) mass is 372 g/mol. The largest absolute Gasteiger partial charge is 0.490 e. The summed E-state index contributed by atoms with van der Waals surface area (Å²) in [6, 6.07) is 1.31. The van der Waals surface area contributed by atoms with Gasteiger partial charge in [-0.05, 0) is 29.9 Å². The summed E-state index contributed by atoms with van der Waals surface area (Å²) in [4.78, 5) is 22.7. The van der Waals surface area contributed by atoms with E-state index in [9.17, 15) is 27.9 Å². The molecule has 1 fully saturated rings. The minimum Gasteiger partial charge on any atom is -0.490 e. The summed E-state index contributed by atoms with van der Waals surface area (Å²) in [5.74, 6) is -1.34. The normalized spacial score (nSPS) is 16.4. The topological polar surface area (TPSA) is 150 Å². The molecule has 2 rings (SSSR count). The molecule has 0 unspecified atom stereocenters. The molecule has 0 spiro atoms. The molecule has 0 saturated heterocycles. The Morgan fingerprint density at radius 1 is 1.40 bits per heavy atom. The number of rotatable bonds is 5. The summed E-state index contributed by atoms with van der Waals surface area (Å²) < 4.78 is 36.9. The van der Waals surface area contributed by atoms with Crippen LogP contribution in [0.1, 0.15) is 55.1 Å². The maximum absolute atomic E-state index is 12.0. The number of benzene rings is 1. The fraction of sp³-hybridized carbons (Fsp3) is 0.533. The molecule has 138 valence electrons. The van der Waals surface area contributed by atoms with Gasteiger partial charge in [0.05, 0.1) is 23.2 Å². The van der Waals surface area contributed by atoms with Gasteiger partial charge in [0, 0.05) is 0 Å². The number of nitro groups is 1. The van der Waals surface area contributed by atoms with E-state index >= 15 is 0 Å². The van der Waals surface area contributed by atoms with Gasteiger partial charge in [0.2, 0.25) is 5.75 Å². The number of methoxy groups -OCH3 is 1. The lowest BCUT2D eigenvalue weighted by Crippen LogP contribution is -2.28. The maximum atomic E-state index is 12.0. The van der Waals surface area contributed by atoms with Crippen molar-refractivity contribution in [2.24, 2.45) is 5.73 Å². The number of carbonyl (C=O) groups excluding carboxylic acids is 1. The van der Waals surface area contributed by atoms with Crippen LogP contribution in [-0.2, 0) is 20.3 Å². The van der Waals surface area contributed by atoms with Gasteiger partial charge in [-0.1, -0.05) is 20.8 Å². The zero-order valence-corrected chi connectivity index (χ0v) is 15.1. The van der Waals surface area contributed by atoms with E-state index in [1.54, 1.807) is 20.8 Å². The van der Waals surface area contributed by atoms with Crippen molar-refractivity contribution in [1.82, 2.24) is 0 Å². The molecule has 1 amide bonds. The minimum atomic E-state index is -4.62. The number of hydrogen-bond acceptors (Lipinski definition) is 6. The summed E-state index contributed by atoms with van der Waals surface area (Å²) in [7, 11) is -3.49. The van der Waals surface area contributed by atoms with Crippen LogP contribution in [0.15, 0.2) is 6.07 Å². The number of carbonyl (C=O) groups is 1. The molecule has 1 saturated carbocycles. The van der Waals surface area contributed by atoms with E-state index < -0.39 is 42.5 Å². The van der Waals surface area contributed by atoms with E-state index in [0.717, 1.165) is 7.11 Å². The third-order valence-electron chi connectivity index (χ3n) is 4.37. The summed E-state index contributed by atoms with van der Waals surface area (Å²) in [5.41, 5.74) is 3.81. The van der Waals surface area contributed by atoms with Crippen LogP contribution in [0.25, 0.3) is 0 Å². The van der Waals surface area contributed by atoms with Gasteiger partial charge in [-0.15, -0.1) is 0 Å². The molecular formula is C15H20N2O7S. The number of nitrogens with zero attached hydrogens (tertiary/aromatic N) is 1. The zero-order chi connectivity index (χ0) is 19.4. The first-order valence-electron chi connectivity index (χ1n) is 7.45. The Kier molecular flexibility index (Phi) is 4.34. The summed E-state index contributed by atoms with van der Waals surface area (Å²) >= 11 is 0. The van der Waals surface area contributed by atoms with E-state index in [-0.39, 0.29) is 29.5 Å². The molecule has 0 heterocycles. The predicted octanol–water partition coefficient (Wildman–Crippen LogP) is 1.88. The van der Waals surface area contributed by atoms with Gasteiger partial charge >= 0.3 is 5.69 Å². The van der Waals surface area contributed by atoms with E-state index in [1.165, 1.54) is 6.07 Å². The zero-order valence-electron chi connectivity index (χ0n) is 14.3. The number of nitrogens with two attached hydrogens (primary N) is 1. The van der Waals surface area contributed by atoms with Crippen molar-refractivity contribution in [3.8, 4) is 5.75 Å². The molecule has 9 nitrogen and oxygen atoms in total. The molecule has 0 aliphatic heterocycles. The van der Waals surface area contributed by atoms with Gasteiger partial charge in [-0.3, -0.25) is 19.5 Å². The molecule has 0 aromatic heterocycles. The van der Waals surface area contributed by atoms with E-state index in [1.807, 2.05) is 0 Å². The first-order chi connectivity index (χ1) is 11.3. The lowest BCUT2D eigenvalue weighted by molar-refractivity contribution is -0.386. The van der Waals surface area contributed by atoms with Crippen LogP contribution in [0.2, 0.25) is 0 Å². The molecule has 1 aliphatic carbocycles. The highest BCUT2D eigenvalue weighted by molar-refractivity contribution is 7.87. The minimum absolute atomic E-state index is 0.0365. The van der Waals surface area contributed by atoms with E-state index in [4.69, 9.17) is 10.5 Å². The molecular weight excluding hydrogens is 352 g/mol. The Hall–Kier alpha value is -2.20. The standard InChI is InChI=1S/C15H20N2O7S/c1-14(2,3)9-7-8(13(16)18)12(24-4)11(17(19)20)10(9)15(5-6-15)25(21,22)23/h7H,5-6H2,1-4H3,(H2,16,18)(H,21,22,23). The van der Waals surface area contributed by atoms with Gasteiger partial charge < -0.3 is 10.5 Å². The lowest BCUT2D eigenvalue weighted by atomic mass is 9.80. The number of primary amides is 1. The maximum Gasteiger partial charge on any atom is 0.316 e. The van der Waals surface area contributed by atoms with E-state index in [0.29, 0.717) is 0 Å². The van der Waals surface area contributed by atoms with Crippen LogP contribution in [0.3, 0.4) is 0 Å². The third-order valence-corrected chi connectivity index (χ3v) is 5.97. The molecule has 1 aromatic carbocycles. The summed E-state index contributed by atoms with van der Waals surface area (Å²) in [6.07, 6.45) is 0.0731. The molecule has 0 radical (unpaired) electrons. The van der Waals surface area contributed by atoms with Crippen LogP contribution < -0.4 is 10.5 Å². The van der Waals surface area contributed by atoms with Crippen LogP contribution in [0.4, 0.5) is 5.69 Å². The Balaban J connectivity index is 3.09. The molecule has 0 bridgehead atoms. The molecule has 10 heteroatoms. The van der Waals surface area contributed by atoms with E-state index in [2.05, 4.69) is 0 Å². The van der Waals surface area contributed by atoms with Crippen molar-refractivity contribution >= 4 is 21.7 Å². The Labute approximate surface area is 145 Å². The van der Waals surface area contributed by atoms with Crippen molar-refractivity contribution in [2.45, 2.75) is 43.8 Å². The predicted molar refractivity (Wildman–Crippen MR) is 89.3 cm³/mol. The average Bonchev–Trinajstić information content (AvgIpc) is 3.24. The van der Waals surface area contributed by atoms with Crippen molar-refractivity contribution in [3.63, 3.8) is 0 Å². The second kappa shape index (κ2) is 5.67. The second-order valence-corrected chi connectivity index (χ2v) is 8.80. The number of nitro benzene ring substituents is 1. The first-order valence-corrected chi connectivity index (χ1v) is 8.89. The van der Waals surface area contributed by atoms with Crippen molar-refractivity contribution in [3.05, 3.63) is 32.9 Å².